The molecule has 2 N–H and O–H groups in total. The van der Waals surface area contributed by atoms with Gasteiger partial charge in [0, 0.05) is 19.7 Å². The quantitative estimate of drug-likeness (QED) is 0.594. The van der Waals surface area contributed by atoms with Crippen LogP contribution in [0, 0.1) is 21.4 Å². The van der Waals surface area contributed by atoms with Gasteiger partial charge in [-0.3, -0.25) is 10.1 Å². The van der Waals surface area contributed by atoms with E-state index in [1.165, 1.54) is 6.07 Å². The summed E-state index contributed by atoms with van der Waals surface area (Å²) in [6.07, 6.45) is 3.17. The van der Waals surface area contributed by atoms with Crippen molar-refractivity contribution in [3.63, 3.8) is 0 Å². The zero-order valence-electron chi connectivity index (χ0n) is 11.8. The van der Waals surface area contributed by atoms with Gasteiger partial charge in [0.05, 0.1) is 17.1 Å². The molecule has 0 radical (unpaired) electrons. The summed E-state index contributed by atoms with van der Waals surface area (Å²) in [5.74, 6) is 0.354. The Morgan fingerprint density at radius 1 is 1.71 bits per heavy atom. The molecule has 1 unspecified atom stereocenters. The Kier molecular flexibility index (Phi) is 4.67. The van der Waals surface area contributed by atoms with Gasteiger partial charge in [-0.05, 0) is 19.4 Å². The fourth-order valence-electron chi connectivity index (χ4n) is 2.50. The molecule has 1 fully saturated rings. The highest BCUT2D eigenvalue weighted by atomic mass is 16.6. The molecule has 1 aliphatic heterocycles. The normalized spacial score (nSPS) is 21.0. The van der Waals surface area contributed by atoms with Crippen molar-refractivity contribution in [1.29, 1.82) is 5.26 Å². The zero-order chi connectivity index (χ0) is 15.3. The van der Waals surface area contributed by atoms with E-state index in [0.29, 0.717) is 19.0 Å². The molecule has 8 nitrogen and oxygen atoms in total. The standard InChI is InChI=1S/C13H17N5O3/c1-21-9-13(3-2-4-17-13)8-16-12-10(6-14)5-11(7-15-12)18(19)20/h5,7,17H,2-4,8-9H2,1H3,(H,15,16). The van der Waals surface area contributed by atoms with Crippen LogP contribution in [0.25, 0.3) is 0 Å². The molecule has 0 saturated carbocycles. The van der Waals surface area contributed by atoms with Gasteiger partial charge in [0.1, 0.15) is 23.6 Å². The predicted molar refractivity (Wildman–Crippen MR) is 75.9 cm³/mol. The smallest absolute Gasteiger partial charge is 0.289 e. The molecule has 2 heterocycles. The van der Waals surface area contributed by atoms with Crippen LogP contribution in [0.5, 0.6) is 0 Å². The molecule has 21 heavy (non-hydrogen) atoms. The first-order valence-electron chi connectivity index (χ1n) is 6.62. The summed E-state index contributed by atoms with van der Waals surface area (Å²) < 4.78 is 5.25. The summed E-state index contributed by atoms with van der Waals surface area (Å²) in [7, 11) is 1.65. The van der Waals surface area contributed by atoms with E-state index in [-0.39, 0.29) is 16.8 Å². The molecule has 0 spiro atoms. The van der Waals surface area contributed by atoms with Crippen molar-refractivity contribution in [3.05, 3.63) is 27.9 Å². The topological polar surface area (TPSA) is 113 Å². The average Bonchev–Trinajstić information content (AvgIpc) is 2.94. The minimum atomic E-state index is -0.567. The Labute approximate surface area is 122 Å². The van der Waals surface area contributed by atoms with Crippen LogP contribution in [0.2, 0.25) is 0 Å². The van der Waals surface area contributed by atoms with Gasteiger partial charge in [0.15, 0.2) is 0 Å². The fourth-order valence-corrected chi connectivity index (χ4v) is 2.50. The molecule has 8 heteroatoms. The van der Waals surface area contributed by atoms with Gasteiger partial charge >= 0.3 is 0 Å². The summed E-state index contributed by atoms with van der Waals surface area (Å²) in [4.78, 5) is 14.1. The molecular formula is C13H17N5O3. The van der Waals surface area contributed by atoms with Crippen molar-refractivity contribution in [1.82, 2.24) is 10.3 Å². The minimum absolute atomic E-state index is 0.162. The van der Waals surface area contributed by atoms with Crippen LogP contribution in [0.4, 0.5) is 11.5 Å². The largest absolute Gasteiger partial charge is 0.383 e. The molecule has 1 saturated heterocycles. The molecule has 1 aliphatic rings. The Balaban J connectivity index is 2.12. The van der Waals surface area contributed by atoms with Crippen LogP contribution < -0.4 is 10.6 Å². The van der Waals surface area contributed by atoms with E-state index >= 15 is 0 Å². The van der Waals surface area contributed by atoms with Crippen LogP contribution in [0.1, 0.15) is 18.4 Å². The number of rotatable bonds is 6. The van der Waals surface area contributed by atoms with Crippen molar-refractivity contribution in [2.24, 2.45) is 0 Å². The third-order valence-electron chi connectivity index (χ3n) is 3.55. The fraction of sp³-hybridized carbons (Fsp3) is 0.538. The second-order valence-electron chi connectivity index (χ2n) is 5.06. The summed E-state index contributed by atoms with van der Waals surface area (Å²) in [5.41, 5.74) is -0.220. The highest BCUT2D eigenvalue weighted by Crippen LogP contribution is 2.23. The Hall–Kier alpha value is -2.24. The van der Waals surface area contributed by atoms with Gasteiger partial charge in [-0.1, -0.05) is 0 Å². The molecule has 0 amide bonds. The molecule has 0 aromatic carbocycles. The lowest BCUT2D eigenvalue weighted by Gasteiger charge is -2.29. The number of hydrogen-bond acceptors (Lipinski definition) is 7. The van der Waals surface area contributed by atoms with Crippen LogP contribution in [0.15, 0.2) is 12.3 Å². The SMILES string of the molecule is COCC1(CNc2ncc([N+](=O)[O-])cc2C#N)CCCN1. The van der Waals surface area contributed by atoms with Gasteiger partial charge in [-0.2, -0.15) is 5.26 Å². The van der Waals surface area contributed by atoms with E-state index in [9.17, 15) is 10.1 Å². The average molecular weight is 291 g/mol. The molecule has 1 atom stereocenters. The number of aromatic nitrogens is 1. The van der Waals surface area contributed by atoms with Crippen LogP contribution in [0.3, 0.4) is 0 Å². The number of anilines is 1. The number of nitrogens with zero attached hydrogens (tertiary/aromatic N) is 3. The van der Waals surface area contributed by atoms with E-state index in [2.05, 4.69) is 15.6 Å². The molecule has 2 rings (SSSR count). The van der Waals surface area contributed by atoms with E-state index in [4.69, 9.17) is 10.00 Å². The van der Waals surface area contributed by atoms with Gasteiger partial charge in [0.25, 0.3) is 5.69 Å². The van der Waals surface area contributed by atoms with Gasteiger partial charge in [-0.25, -0.2) is 4.98 Å². The van der Waals surface area contributed by atoms with Crippen LogP contribution in [-0.2, 0) is 4.74 Å². The van der Waals surface area contributed by atoms with Gasteiger partial charge in [-0.15, -0.1) is 0 Å². The first-order valence-corrected chi connectivity index (χ1v) is 6.62. The van der Waals surface area contributed by atoms with Gasteiger partial charge in [0.2, 0.25) is 0 Å². The minimum Gasteiger partial charge on any atom is -0.383 e. The number of nitro groups is 1. The number of ether oxygens (including phenoxy) is 1. The van der Waals surface area contributed by atoms with Crippen molar-refractivity contribution >= 4 is 11.5 Å². The molecule has 112 valence electrons. The number of pyridine rings is 1. The summed E-state index contributed by atoms with van der Waals surface area (Å²) in [5, 5.41) is 26.3. The van der Waals surface area contributed by atoms with E-state index in [0.717, 1.165) is 25.6 Å². The van der Waals surface area contributed by atoms with Crippen molar-refractivity contribution in [3.8, 4) is 6.07 Å². The molecule has 0 bridgehead atoms. The first-order chi connectivity index (χ1) is 10.1. The van der Waals surface area contributed by atoms with Crippen LogP contribution in [-0.4, -0.2) is 42.3 Å². The maximum Gasteiger partial charge on any atom is 0.289 e. The number of hydrogen-bond donors (Lipinski definition) is 2. The van der Waals surface area contributed by atoms with Crippen LogP contribution >= 0.6 is 0 Å². The lowest BCUT2D eigenvalue weighted by Crippen LogP contribution is -2.49. The lowest BCUT2D eigenvalue weighted by atomic mass is 9.98. The third kappa shape index (κ3) is 3.45. The lowest BCUT2D eigenvalue weighted by molar-refractivity contribution is -0.385. The second-order valence-corrected chi connectivity index (χ2v) is 5.06. The van der Waals surface area contributed by atoms with Crippen molar-refractivity contribution < 1.29 is 9.66 Å². The molecule has 0 aliphatic carbocycles. The van der Waals surface area contributed by atoms with E-state index in [1.807, 2.05) is 6.07 Å². The highest BCUT2D eigenvalue weighted by molar-refractivity contribution is 5.55. The van der Waals surface area contributed by atoms with E-state index in [1.54, 1.807) is 7.11 Å². The Bertz CT molecular complexity index is 563. The molecular weight excluding hydrogens is 274 g/mol. The Morgan fingerprint density at radius 3 is 3.10 bits per heavy atom. The Morgan fingerprint density at radius 2 is 2.52 bits per heavy atom. The number of nitrogens with one attached hydrogen (secondary N) is 2. The summed E-state index contributed by atoms with van der Waals surface area (Å²) >= 11 is 0. The van der Waals surface area contributed by atoms with Crippen molar-refractivity contribution in [2.45, 2.75) is 18.4 Å². The summed E-state index contributed by atoms with van der Waals surface area (Å²) in [6, 6.07) is 3.15. The third-order valence-corrected chi connectivity index (χ3v) is 3.55. The molecule has 1 aromatic rings. The monoisotopic (exact) mass is 291 g/mol. The van der Waals surface area contributed by atoms with Gasteiger partial charge < -0.3 is 15.4 Å². The van der Waals surface area contributed by atoms with Crippen molar-refractivity contribution in [2.75, 3.05) is 32.1 Å². The predicted octanol–water partition coefficient (Wildman–Crippen LogP) is 1.04. The number of methoxy groups -OCH3 is 1. The van der Waals surface area contributed by atoms with E-state index < -0.39 is 4.92 Å². The summed E-state index contributed by atoms with van der Waals surface area (Å²) in [6.45, 7) is 2.01. The number of nitriles is 1. The second kappa shape index (κ2) is 6.47. The highest BCUT2D eigenvalue weighted by Gasteiger charge is 2.33. The maximum atomic E-state index is 10.7. The maximum absolute atomic E-state index is 10.7. The zero-order valence-corrected chi connectivity index (χ0v) is 11.8. The molecule has 1 aromatic heterocycles. The first kappa shape index (κ1) is 15.2.